The van der Waals surface area contributed by atoms with Crippen LogP contribution in [-0.2, 0) is 14.1 Å². The van der Waals surface area contributed by atoms with Crippen LogP contribution in [0.3, 0.4) is 0 Å². The van der Waals surface area contributed by atoms with Crippen molar-refractivity contribution in [3.05, 3.63) is 42.9 Å². The number of pyridine rings is 1. The molecule has 4 aromatic heterocycles. The Kier molecular flexibility index (Phi) is 4.72. The second-order valence-electron chi connectivity index (χ2n) is 7.21. The topological polar surface area (TPSA) is 99.2 Å². The van der Waals surface area contributed by atoms with Gasteiger partial charge in [-0.05, 0) is 24.5 Å². The molecule has 0 saturated carbocycles. The van der Waals surface area contributed by atoms with E-state index >= 15 is 0 Å². The van der Waals surface area contributed by atoms with Crippen LogP contribution in [0.2, 0.25) is 0 Å². The van der Waals surface area contributed by atoms with E-state index in [4.69, 9.17) is 9.97 Å². The van der Waals surface area contributed by atoms with Gasteiger partial charge in [0, 0.05) is 32.1 Å². The highest BCUT2D eigenvalue weighted by molar-refractivity contribution is 5.88. The van der Waals surface area contributed by atoms with E-state index in [2.05, 4.69) is 39.3 Å². The molecule has 0 aromatic carbocycles. The van der Waals surface area contributed by atoms with E-state index in [0.29, 0.717) is 11.7 Å². The van der Waals surface area contributed by atoms with Crippen molar-refractivity contribution < 1.29 is 0 Å². The van der Waals surface area contributed by atoms with E-state index in [-0.39, 0.29) is 6.04 Å². The van der Waals surface area contributed by atoms with Gasteiger partial charge >= 0.3 is 0 Å². The molecule has 0 saturated heterocycles. The summed E-state index contributed by atoms with van der Waals surface area (Å²) in [6.07, 6.45) is 7.73. The van der Waals surface area contributed by atoms with Gasteiger partial charge in [0.2, 0.25) is 0 Å². The largest absolute Gasteiger partial charge is 0.359 e. The van der Waals surface area contributed by atoms with Crippen molar-refractivity contribution in [3.63, 3.8) is 0 Å². The van der Waals surface area contributed by atoms with Gasteiger partial charge in [0.05, 0.1) is 17.6 Å². The molecule has 0 unspecified atom stereocenters. The molecule has 4 rings (SSSR count). The highest BCUT2D eigenvalue weighted by Gasteiger charge is 2.21. The second kappa shape index (κ2) is 7.34. The summed E-state index contributed by atoms with van der Waals surface area (Å²) in [5, 5.41) is 13.0. The molecule has 0 bridgehead atoms. The fourth-order valence-electron chi connectivity index (χ4n) is 3.25. The second-order valence-corrected chi connectivity index (χ2v) is 7.21. The standard InChI is InChI=1S/C19H23N9/c1-12(2)9-15(19-21-11-23-28(19)4)24-17-14-10-22-27(3)18(14)26-16(25-17)13-5-7-20-8-6-13/h5-8,10-12,15H,9H2,1-4H3,(H,24,25,26)/t15-/m1/s1. The highest BCUT2D eigenvalue weighted by atomic mass is 15.3. The zero-order chi connectivity index (χ0) is 19.7. The maximum Gasteiger partial charge on any atom is 0.164 e. The molecular formula is C19H23N9. The molecule has 0 radical (unpaired) electrons. The predicted molar refractivity (Wildman–Crippen MR) is 106 cm³/mol. The van der Waals surface area contributed by atoms with Crippen molar-refractivity contribution in [1.29, 1.82) is 0 Å². The van der Waals surface area contributed by atoms with Gasteiger partial charge in [-0.25, -0.2) is 15.0 Å². The van der Waals surface area contributed by atoms with Gasteiger partial charge in [0.25, 0.3) is 0 Å². The molecule has 0 aliphatic heterocycles. The van der Waals surface area contributed by atoms with E-state index in [1.807, 2.05) is 26.2 Å². The Balaban J connectivity index is 1.81. The summed E-state index contributed by atoms with van der Waals surface area (Å²) in [6, 6.07) is 3.77. The number of nitrogens with one attached hydrogen (secondary N) is 1. The summed E-state index contributed by atoms with van der Waals surface area (Å²) in [7, 11) is 3.78. The van der Waals surface area contributed by atoms with E-state index in [0.717, 1.165) is 34.7 Å². The summed E-state index contributed by atoms with van der Waals surface area (Å²) < 4.78 is 3.55. The van der Waals surface area contributed by atoms with Crippen LogP contribution in [0, 0.1) is 5.92 Å². The molecule has 0 amide bonds. The maximum atomic E-state index is 4.81. The van der Waals surface area contributed by atoms with Crippen molar-refractivity contribution >= 4 is 16.9 Å². The van der Waals surface area contributed by atoms with Crippen LogP contribution < -0.4 is 5.32 Å². The summed E-state index contributed by atoms with van der Waals surface area (Å²) in [5.74, 6) is 2.70. The zero-order valence-electron chi connectivity index (χ0n) is 16.4. The van der Waals surface area contributed by atoms with E-state index < -0.39 is 0 Å². The number of aromatic nitrogens is 8. The molecule has 1 atom stereocenters. The Bertz CT molecular complexity index is 1080. The van der Waals surface area contributed by atoms with Crippen molar-refractivity contribution in [3.8, 4) is 11.4 Å². The van der Waals surface area contributed by atoms with Gasteiger partial charge in [-0.1, -0.05) is 13.8 Å². The Hall–Kier alpha value is -3.36. The lowest BCUT2D eigenvalue weighted by Crippen LogP contribution is -2.19. The van der Waals surface area contributed by atoms with Crippen LogP contribution in [0.1, 0.15) is 32.1 Å². The SMILES string of the molecule is CC(C)C[C@@H](Nc1nc(-c2ccncc2)nc2c1cnn2C)c1ncnn1C. The Morgan fingerprint density at radius 1 is 1.04 bits per heavy atom. The molecule has 1 N–H and O–H groups in total. The van der Waals surface area contributed by atoms with E-state index in [1.54, 1.807) is 34.3 Å². The molecular weight excluding hydrogens is 354 g/mol. The van der Waals surface area contributed by atoms with Gasteiger partial charge in [-0.15, -0.1) is 0 Å². The number of hydrogen-bond acceptors (Lipinski definition) is 7. The van der Waals surface area contributed by atoms with Crippen LogP contribution in [0.15, 0.2) is 37.1 Å². The third-order valence-electron chi connectivity index (χ3n) is 4.61. The monoisotopic (exact) mass is 377 g/mol. The van der Waals surface area contributed by atoms with E-state index in [1.165, 1.54) is 0 Å². The first-order valence-electron chi connectivity index (χ1n) is 9.23. The maximum absolute atomic E-state index is 4.81. The molecule has 144 valence electrons. The average Bonchev–Trinajstić information content (AvgIpc) is 3.27. The highest BCUT2D eigenvalue weighted by Crippen LogP contribution is 2.29. The van der Waals surface area contributed by atoms with Gasteiger partial charge in [-0.3, -0.25) is 14.3 Å². The number of nitrogens with zero attached hydrogens (tertiary/aromatic N) is 8. The number of aryl methyl sites for hydroxylation is 2. The van der Waals surface area contributed by atoms with Crippen LogP contribution in [0.25, 0.3) is 22.4 Å². The molecule has 9 nitrogen and oxygen atoms in total. The molecule has 0 fully saturated rings. The van der Waals surface area contributed by atoms with Gasteiger partial charge in [0.15, 0.2) is 11.5 Å². The Labute approximate surface area is 162 Å². The number of hydrogen-bond donors (Lipinski definition) is 1. The molecule has 9 heteroatoms. The van der Waals surface area contributed by atoms with Crippen molar-refractivity contribution in [2.75, 3.05) is 5.32 Å². The third kappa shape index (κ3) is 3.42. The lowest BCUT2D eigenvalue weighted by molar-refractivity contribution is 0.498. The predicted octanol–water partition coefficient (Wildman–Crippen LogP) is 2.75. The average molecular weight is 377 g/mol. The fourth-order valence-corrected chi connectivity index (χ4v) is 3.25. The van der Waals surface area contributed by atoms with Gasteiger partial charge in [0.1, 0.15) is 18.0 Å². The Morgan fingerprint density at radius 3 is 2.50 bits per heavy atom. The summed E-state index contributed by atoms with van der Waals surface area (Å²) in [6.45, 7) is 4.38. The minimum absolute atomic E-state index is 0.0314. The molecule has 28 heavy (non-hydrogen) atoms. The number of fused-ring (bicyclic) bond motifs is 1. The van der Waals surface area contributed by atoms with Gasteiger partial charge in [-0.2, -0.15) is 10.2 Å². The van der Waals surface area contributed by atoms with Crippen molar-refractivity contribution in [1.82, 2.24) is 39.5 Å². The minimum atomic E-state index is -0.0314. The van der Waals surface area contributed by atoms with Crippen molar-refractivity contribution in [2.24, 2.45) is 20.0 Å². The quantitative estimate of drug-likeness (QED) is 0.551. The molecule has 4 heterocycles. The molecule has 4 aromatic rings. The lowest BCUT2D eigenvalue weighted by Gasteiger charge is -2.21. The van der Waals surface area contributed by atoms with Crippen LogP contribution in [-0.4, -0.2) is 39.5 Å². The zero-order valence-corrected chi connectivity index (χ0v) is 16.4. The first-order chi connectivity index (χ1) is 13.5. The summed E-state index contributed by atoms with van der Waals surface area (Å²) in [5.41, 5.74) is 1.67. The minimum Gasteiger partial charge on any atom is -0.359 e. The third-order valence-corrected chi connectivity index (χ3v) is 4.61. The van der Waals surface area contributed by atoms with Gasteiger partial charge < -0.3 is 5.32 Å². The number of anilines is 1. The summed E-state index contributed by atoms with van der Waals surface area (Å²) in [4.78, 5) is 18.0. The molecule has 0 aliphatic carbocycles. The van der Waals surface area contributed by atoms with Crippen molar-refractivity contribution in [2.45, 2.75) is 26.3 Å². The Morgan fingerprint density at radius 2 is 1.82 bits per heavy atom. The van der Waals surface area contributed by atoms with Crippen LogP contribution in [0.5, 0.6) is 0 Å². The first kappa shape index (κ1) is 18.0. The molecule has 0 aliphatic rings. The van der Waals surface area contributed by atoms with E-state index in [9.17, 15) is 0 Å². The smallest absolute Gasteiger partial charge is 0.164 e. The normalized spacial score (nSPS) is 12.6. The first-order valence-corrected chi connectivity index (χ1v) is 9.23. The fraction of sp³-hybridized carbons (Fsp3) is 0.368. The van der Waals surface area contributed by atoms with Crippen LogP contribution >= 0.6 is 0 Å². The number of rotatable bonds is 6. The molecule has 0 spiro atoms. The lowest BCUT2D eigenvalue weighted by atomic mass is 10.0. The van der Waals surface area contributed by atoms with Crippen LogP contribution in [0.4, 0.5) is 5.82 Å². The summed E-state index contributed by atoms with van der Waals surface area (Å²) >= 11 is 0.